The van der Waals surface area contributed by atoms with Crippen LogP contribution in [0.4, 0.5) is 0 Å². The Morgan fingerprint density at radius 2 is 2.06 bits per heavy atom. The number of H-pyrrole nitrogens is 1. The highest BCUT2D eigenvalue weighted by molar-refractivity contribution is 7.71. The van der Waals surface area contributed by atoms with Crippen LogP contribution in [0, 0.1) is 4.77 Å². The predicted molar refractivity (Wildman–Crippen MR) is 66.1 cm³/mol. The average Bonchev–Trinajstić information content (AvgIpc) is 2.69. The summed E-state index contributed by atoms with van der Waals surface area (Å²) in [7, 11) is 0. The lowest BCUT2D eigenvalue weighted by atomic mass is 10.1. The van der Waals surface area contributed by atoms with Gasteiger partial charge in [0.2, 0.25) is 4.77 Å². The molecule has 0 saturated carbocycles. The van der Waals surface area contributed by atoms with Crippen LogP contribution >= 0.6 is 12.2 Å². The molecule has 7 heteroatoms. The van der Waals surface area contributed by atoms with Crippen molar-refractivity contribution in [3.05, 3.63) is 35.4 Å². The number of nitrogens with one attached hydrogen (secondary N) is 1. The SMILES string of the molecule is Nn1c(-c2cccc3nccnc23)n[nH]c1=S. The van der Waals surface area contributed by atoms with E-state index in [1.165, 1.54) is 4.68 Å². The molecule has 0 radical (unpaired) electrons. The van der Waals surface area contributed by atoms with E-state index in [-0.39, 0.29) is 0 Å². The molecule has 3 rings (SSSR count). The fourth-order valence-electron chi connectivity index (χ4n) is 1.67. The number of aromatic amines is 1. The van der Waals surface area contributed by atoms with Gasteiger partial charge in [0.1, 0.15) is 0 Å². The first-order valence-electron chi connectivity index (χ1n) is 4.90. The number of hydrogen-bond acceptors (Lipinski definition) is 5. The molecular weight excluding hydrogens is 236 g/mol. The van der Waals surface area contributed by atoms with E-state index < -0.39 is 0 Å². The maximum absolute atomic E-state index is 5.80. The zero-order valence-electron chi connectivity index (χ0n) is 8.66. The van der Waals surface area contributed by atoms with E-state index in [9.17, 15) is 0 Å². The predicted octanol–water partition coefficient (Wildman–Crippen LogP) is 1.26. The van der Waals surface area contributed by atoms with Crippen molar-refractivity contribution in [1.82, 2.24) is 24.8 Å². The number of rotatable bonds is 1. The molecule has 0 aliphatic carbocycles. The smallest absolute Gasteiger partial charge is 0.214 e. The number of nitrogen functional groups attached to an aromatic ring is 1. The number of benzene rings is 1. The summed E-state index contributed by atoms with van der Waals surface area (Å²) in [4.78, 5) is 8.52. The molecule has 3 aromatic rings. The normalized spacial score (nSPS) is 10.8. The Balaban J connectivity index is 2.38. The van der Waals surface area contributed by atoms with Crippen molar-refractivity contribution < 1.29 is 0 Å². The van der Waals surface area contributed by atoms with Gasteiger partial charge in [-0.15, -0.1) is 0 Å². The highest BCUT2D eigenvalue weighted by Crippen LogP contribution is 2.23. The van der Waals surface area contributed by atoms with Gasteiger partial charge in [-0.25, -0.2) is 9.77 Å². The zero-order chi connectivity index (χ0) is 11.8. The van der Waals surface area contributed by atoms with Crippen LogP contribution in [-0.4, -0.2) is 24.8 Å². The van der Waals surface area contributed by atoms with E-state index in [1.807, 2.05) is 18.2 Å². The summed E-state index contributed by atoms with van der Waals surface area (Å²) < 4.78 is 1.68. The molecule has 2 heterocycles. The molecule has 1 aromatic carbocycles. The van der Waals surface area contributed by atoms with Crippen LogP contribution in [-0.2, 0) is 0 Å². The average molecular weight is 244 g/mol. The van der Waals surface area contributed by atoms with Crippen molar-refractivity contribution in [2.45, 2.75) is 0 Å². The Morgan fingerprint density at radius 3 is 2.82 bits per heavy atom. The fraction of sp³-hybridized carbons (Fsp3) is 0. The Hall–Kier alpha value is -2.28. The van der Waals surface area contributed by atoms with E-state index >= 15 is 0 Å². The minimum atomic E-state index is 0.362. The number of nitrogens with zero attached hydrogens (tertiary/aromatic N) is 4. The first kappa shape index (κ1) is 9.91. The Labute approximate surface area is 101 Å². The quantitative estimate of drug-likeness (QED) is 0.497. The molecule has 0 amide bonds. The van der Waals surface area contributed by atoms with Crippen LogP contribution in [0.3, 0.4) is 0 Å². The second kappa shape index (κ2) is 3.63. The third kappa shape index (κ3) is 1.48. The van der Waals surface area contributed by atoms with Crippen molar-refractivity contribution in [3.63, 3.8) is 0 Å². The lowest BCUT2D eigenvalue weighted by Crippen LogP contribution is -2.10. The minimum Gasteiger partial charge on any atom is -0.335 e. The van der Waals surface area contributed by atoms with Crippen molar-refractivity contribution >= 4 is 23.3 Å². The molecular formula is C10H8N6S. The molecule has 0 spiro atoms. The van der Waals surface area contributed by atoms with E-state index in [0.29, 0.717) is 10.6 Å². The highest BCUT2D eigenvalue weighted by Gasteiger charge is 2.11. The van der Waals surface area contributed by atoms with Crippen molar-refractivity contribution in [3.8, 4) is 11.4 Å². The Morgan fingerprint density at radius 1 is 1.24 bits per heavy atom. The Bertz CT molecular complexity index is 738. The van der Waals surface area contributed by atoms with Gasteiger partial charge in [0.15, 0.2) is 5.82 Å². The molecule has 0 fully saturated rings. The number of fused-ring (bicyclic) bond motifs is 1. The van der Waals surface area contributed by atoms with E-state index in [1.54, 1.807) is 12.4 Å². The van der Waals surface area contributed by atoms with Gasteiger partial charge in [0, 0.05) is 18.0 Å². The molecule has 6 nitrogen and oxygen atoms in total. The van der Waals surface area contributed by atoms with Gasteiger partial charge in [-0.1, -0.05) is 6.07 Å². The number of hydrogen-bond donors (Lipinski definition) is 2. The van der Waals surface area contributed by atoms with E-state index in [2.05, 4.69) is 20.2 Å². The standard InChI is InChI=1S/C10H8N6S/c11-16-9(14-15-10(16)17)6-2-1-3-7-8(6)13-5-4-12-7/h1-5H,11H2,(H,15,17). The molecule has 3 N–H and O–H groups in total. The summed E-state index contributed by atoms with van der Waals surface area (Å²) in [6, 6.07) is 5.64. The summed E-state index contributed by atoms with van der Waals surface area (Å²) in [6.07, 6.45) is 3.28. The largest absolute Gasteiger partial charge is 0.335 e. The molecule has 17 heavy (non-hydrogen) atoms. The van der Waals surface area contributed by atoms with Crippen LogP contribution < -0.4 is 5.84 Å². The van der Waals surface area contributed by atoms with Gasteiger partial charge < -0.3 is 5.84 Å². The van der Waals surface area contributed by atoms with Gasteiger partial charge in [-0.2, -0.15) is 5.10 Å². The van der Waals surface area contributed by atoms with Crippen molar-refractivity contribution in [2.24, 2.45) is 0 Å². The van der Waals surface area contributed by atoms with Crippen LogP contribution in [0.5, 0.6) is 0 Å². The third-order valence-electron chi connectivity index (χ3n) is 2.44. The van der Waals surface area contributed by atoms with E-state index in [0.717, 1.165) is 16.6 Å². The third-order valence-corrected chi connectivity index (χ3v) is 2.73. The number of nitrogens with two attached hydrogens (primary N) is 1. The first-order valence-corrected chi connectivity index (χ1v) is 5.31. The number of aromatic nitrogens is 5. The van der Waals surface area contributed by atoms with Crippen LogP contribution in [0.1, 0.15) is 0 Å². The minimum absolute atomic E-state index is 0.362. The van der Waals surface area contributed by atoms with Gasteiger partial charge in [-0.05, 0) is 24.4 Å². The van der Waals surface area contributed by atoms with Crippen molar-refractivity contribution in [1.29, 1.82) is 0 Å². The summed E-state index contributed by atoms with van der Waals surface area (Å²) in [5.41, 5.74) is 2.33. The van der Waals surface area contributed by atoms with E-state index in [4.69, 9.17) is 18.1 Å². The van der Waals surface area contributed by atoms with Gasteiger partial charge >= 0.3 is 0 Å². The first-order chi connectivity index (χ1) is 8.27. The summed E-state index contributed by atoms with van der Waals surface area (Å²) in [5, 5.41) is 6.73. The lowest BCUT2D eigenvalue weighted by Gasteiger charge is -2.03. The number of para-hydroxylation sites is 1. The summed E-state index contributed by atoms with van der Waals surface area (Å²) in [5.74, 6) is 6.34. The molecule has 0 aliphatic rings. The van der Waals surface area contributed by atoms with Gasteiger partial charge in [-0.3, -0.25) is 9.97 Å². The molecule has 0 saturated heterocycles. The van der Waals surface area contributed by atoms with Crippen LogP contribution in [0.2, 0.25) is 0 Å². The second-order valence-corrected chi connectivity index (χ2v) is 3.84. The molecule has 0 unspecified atom stereocenters. The molecule has 0 aliphatic heterocycles. The van der Waals surface area contributed by atoms with Gasteiger partial charge in [0.25, 0.3) is 0 Å². The summed E-state index contributed by atoms with van der Waals surface area (Å²) in [6.45, 7) is 0. The summed E-state index contributed by atoms with van der Waals surface area (Å²) >= 11 is 4.98. The topological polar surface area (TPSA) is 85.4 Å². The van der Waals surface area contributed by atoms with Crippen LogP contribution in [0.25, 0.3) is 22.4 Å². The maximum Gasteiger partial charge on any atom is 0.214 e. The molecule has 0 bridgehead atoms. The van der Waals surface area contributed by atoms with Crippen LogP contribution in [0.15, 0.2) is 30.6 Å². The maximum atomic E-state index is 5.80. The zero-order valence-corrected chi connectivity index (χ0v) is 9.48. The molecule has 2 aromatic heterocycles. The fourth-order valence-corrected chi connectivity index (χ4v) is 1.80. The molecule has 84 valence electrons. The second-order valence-electron chi connectivity index (χ2n) is 3.45. The van der Waals surface area contributed by atoms with Gasteiger partial charge in [0.05, 0.1) is 11.0 Å². The monoisotopic (exact) mass is 244 g/mol. The van der Waals surface area contributed by atoms with Crippen molar-refractivity contribution in [2.75, 3.05) is 5.84 Å². The highest BCUT2D eigenvalue weighted by atomic mass is 32.1. The Kier molecular flexibility index (Phi) is 2.12. The molecule has 0 atom stereocenters. The lowest BCUT2D eigenvalue weighted by molar-refractivity contribution is 0.984.